The van der Waals surface area contributed by atoms with Crippen molar-refractivity contribution in [3.8, 4) is 5.75 Å². The molecule has 1 aromatic carbocycles. The number of ether oxygens (including phenoxy) is 1. The first kappa shape index (κ1) is 13.8. The summed E-state index contributed by atoms with van der Waals surface area (Å²) >= 11 is 3.41. The van der Waals surface area contributed by atoms with Crippen LogP contribution in [-0.4, -0.2) is 18.3 Å². The molecule has 5 heteroatoms. The molecule has 0 fully saturated rings. The van der Waals surface area contributed by atoms with Gasteiger partial charge in [0.25, 0.3) is 0 Å². The summed E-state index contributed by atoms with van der Waals surface area (Å²) < 4.78 is 6.59. The van der Waals surface area contributed by atoms with Gasteiger partial charge in [0.05, 0.1) is 17.9 Å². The third-order valence-corrected chi connectivity index (χ3v) is 3.10. The molecule has 0 atom stereocenters. The van der Waals surface area contributed by atoms with Gasteiger partial charge < -0.3 is 9.57 Å². The number of hydrogen-bond donors (Lipinski definition) is 0. The molecule has 0 aromatic heterocycles. The highest BCUT2D eigenvalue weighted by molar-refractivity contribution is 9.10. The first-order chi connectivity index (χ1) is 9.11. The van der Waals surface area contributed by atoms with Crippen molar-refractivity contribution in [2.45, 2.75) is 20.3 Å². The predicted molar refractivity (Wildman–Crippen MR) is 77.1 cm³/mol. The van der Waals surface area contributed by atoms with Crippen LogP contribution in [-0.2, 0) is 9.63 Å². The summed E-state index contributed by atoms with van der Waals surface area (Å²) in [4.78, 5) is 16.2. The average Bonchev–Trinajstić information content (AvgIpc) is 2.70. The zero-order valence-electron chi connectivity index (χ0n) is 10.8. The minimum absolute atomic E-state index is 0.432. The number of oxime groups is 1. The molecule has 19 heavy (non-hydrogen) atoms. The SMILES string of the molecule is CCCOc1ccc(Br)cc1/C=C1\C(=O)ON=C1C. The quantitative estimate of drug-likeness (QED) is 0.628. The van der Waals surface area contributed by atoms with Crippen LogP contribution in [0, 0.1) is 0 Å². The van der Waals surface area contributed by atoms with Crippen LogP contribution in [0.1, 0.15) is 25.8 Å². The van der Waals surface area contributed by atoms with Crippen LogP contribution in [0.5, 0.6) is 5.75 Å². The number of carbonyl (C=O) groups is 1. The first-order valence-corrected chi connectivity index (χ1v) is 6.81. The Morgan fingerprint density at radius 3 is 2.89 bits per heavy atom. The lowest BCUT2D eigenvalue weighted by molar-refractivity contribution is -0.136. The number of nitrogens with zero attached hydrogens (tertiary/aromatic N) is 1. The maximum atomic E-state index is 11.5. The topological polar surface area (TPSA) is 47.9 Å². The lowest BCUT2D eigenvalue weighted by Gasteiger charge is -2.09. The highest BCUT2D eigenvalue weighted by Crippen LogP contribution is 2.27. The molecule has 1 aliphatic rings. The molecular formula is C14H14BrNO3. The standard InChI is InChI=1S/C14H14BrNO3/c1-3-6-18-13-5-4-11(15)7-10(13)8-12-9(2)16-19-14(12)17/h4-5,7-8H,3,6H2,1-2H3/b12-8-. The second-order valence-corrected chi connectivity index (χ2v) is 5.06. The molecule has 0 unspecified atom stereocenters. The second-order valence-electron chi connectivity index (χ2n) is 4.14. The van der Waals surface area contributed by atoms with Crippen molar-refractivity contribution in [1.29, 1.82) is 0 Å². The van der Waals surface area contributed by atoms with Gasteiger partial charge in [-0.15, -0.1) is 0 Å². The molecule has 4 nitrogen and oxygen atoms in total. The van der Waals surface area contributed by atoms with E-state index in [2.05, 4.69) is 25.9 Å². The number of benzene rings is 1. The molecule has 1 aromatic rings. The van der Waals surface area contributed by atoms with Crippen molar-refractivity contribution in [2.75, 3.05) is 6.61 Å². The summed E-state index contributed by atoms with van der Waals surface area (Å²) in [5.74, 6) is 0.309. The van der Waals surface area contributed by atoms with Gasteiger partial charge in [0.15, 0.2) is 0 Å². The van der Waals surface area contributed by atoms with Crippen molar-refractivity contribution in [3.05, 3.63) is 33.8 Å². The fourth-order valence-corrected chi connectivity index (χ4v) is 2.03. The molecular weight excluding hydrogens is 310 g/mol. The van der Waals surface area contributed by atoms with E-state index in [-0.39, 0.29) is 0 Å². The van der Waals surface area contributed by atoms with Gasteiger partial charge >= 0.3 is 5.97 Å². The number of hydrogen-bond acceptors (Lipinski definition) is 4. The van der Waals surface area contributed by atoms with Gasteiger partial charge in [-0.25, -0.2) is 4.79 Å². The molecule has 0 amide bonds. The Kier molecular flexibility index (Phi) is 4.37. The highest BCUT2D eigenvalue weighted by atomic mass is 79.9. The van der Waals surface area contributed by atoms with E-state index in [1.54, 1.807) is 13.0 Å². The summed E-state index contributed by atoms with van der Waals surface area (Å²) in [6.07, 6.45) is 2.67. The van der Waals surface area contributed by atoms with E-state index in [1.807, 2.05) is 25.1 Å². The molecule has 0 bridgehead atoms. The fourth-order valence-electron chi connectivity index (χ4n) is 1.65. The van der Waals surface area contributed by atoms with E-state index >= 15 is 0 Å². The van der Waals surface area contributed by atoms with Crippen LogP contribution >= 0.6 is 15.9 Å². The van der Waals surface area contributed by atoms with E-state index in [0.717, 1.165) is 22.2 Å². The van der Waals surface area contributed by atoms with E-state index in [9.17, 15) is 4.79 Å². The van der Waals surface area contributed by atoms with E-state index < -0.39 is 5.97 Å². The number of carbonyl (C=O) groups excluding carboxylic acids is 1. The lowest BCUT2D eigenvalue weighted by Crippen LogP contribution is -2.03. The summed E-state index contributed by atoms with van der Waals surface area (Å²) in [6.45, 7) is 4.42. The van der Waals surface area contributed by atoms with Crippen LogP contribution in [0.2, 0.25) is 0 Å². The third kappa shape index (κ3) is 3.23. The monoisotopic (exact) mass is 323 g/mol. The summed E-state index contributed by atoms with van der Waals surface area (Å²) in [6, 6.07) is 5.68. The molecule has 1 aliphatic heterocycles. The van der Waals surface area contributed by atoms with Crippen LogP contribution in [0.15, 0.2) is 33.4 Å². The Morgan fingerprint density at radius 1 is 1.47 bits per heavy atom. The Balaban J connectivity index is 2.38. The Bertz CT molecular complexity index is 564. The normalized spacial score (nSPS) is 16.5. The second kappa shape index (κ2) is 6.02. The molecule has 0 radical (unpaired) electrons. The first-order valence-electron chi connectivity index (χ1n) is 6.02. The minimum Gasteiger partial charge on any atom is -0.493 e. The van der Waals surface area contributed by atoms with Crippen molar-refractivity contribution in [2.24, 2.45) is 5.16 Å². The zero-order chi connectivity index (χ0) is 13.8. The molecule has 1 heterocycles. The van der Waals surface area contributed by atoms with Gasteiger partial charge in [0.2, 0.25) is 0 Å². The van der Waals surface area contributed by atoms with Gasteiger partial charge in [-0.05, 0) is 37.6 Å². The highest BCUT2D eigenvalue weighted by Gasteiger charge is 2.22. The lowest BCUT2D eigenvalue weighted by atomic mass is 10.1. The van der Waals surface area contributed by atoms with Crippen molar-refractivity contribution in [1.82, 2.24) is 0 Å². The fraction of sp³-hybridized carbons (Fsp3) is 0.286. The zero-order valence-corrected chi connectivity index (χ0v) is 12.4. The summed E-state index contributed by atoms with van der Waals surface area (Å²) in [7, 11) is 0. The smallest absolute Gasteiger partial charge is 0.367 e. The maximum Gasteiger partial charge on any atom is 0.367 e. The average molecular weight is 324 g/mol. The number of rotatable bonds is 4. The predicted octanol–water partition coefficient (Wildman–Crippen LogP) is 3.55. The van der Waals surface area contributed by atoms with Crippen molar-refractivity contribution >= 4 is 33.7 Å². The van der Waals surface area contributed by atoms with Gasteiger partial charge in [-0.1, -0.05) is 28.0 Å². The molecule has 100 valence electrons. The summed E-state index contributed by atoms with van der Waals surface area (Å²) in [5.41, 5.74) is 1.86. The van der Waals surface area contributed by atoms with E-state index in [0.29, 0.717) is 17.9 Å². The van der Waals surface area contributed by atoms with Crippen molar-refractivity contribution in [3.63, 3.8) is 0 Å². The molecule has 0 spiro atoms. The van der Waals surface area contributed by atoms with Crippen LogP contribution in [0.25, 0.3) is 6.08 Å². The van der Waals surface area contributed by atoms with Gasteiger partial charge in [-0.3, -0.25) is 0 Å². The largest absolute Gasteiger partial charge is 0.493 e. The van der Waals surface area contributed by atoms with Crippen molar-refractivity contribution < 1.29 is 14.4 Å². The Morgan fingerprint density at radius 2 is 2.26 bits per heavy atom. The van der Waals surface area contributed by atoms with Crippen LogP contribution in [0.4, 0.5) is 0 Å². The van der Waals surface area contributed by atoms with Gasteiger partial charge in [-0.2, -0.15) is 0 Å². The number of halogens is 1. The molecule has 0 saturated carbocycles. The molecule has 0 N–H and O–H groups in total. The Labute approximate surface area is 120 Å². The van der Waals surface area contributed by atoms with E-state index in [4.69, 9.17) is 4.74 Å². The van der Waals surface area contributed by atoms with Gasteiger partial charge in [0, 0.05) is 10.0 Å². The third-order valence-electron chi connectivity index (χ3n) is 2.61. The van der Waals surface area contributed by atoms with E-state index in [1.165, 1.54) is 0 Å². The minimum atomic E-state index is -0.432. The van der Waals surface area contributed by atoms with Gasteiger partial charge in [0.1, 0.15) is 5.75 Å². The summed E-state index contributed by atoms with van der Waals surface area (Å²) in [5, 5.41) is 3.66. The molecule has 0 aliphatic carbocycles. The molecule has 2 rings (SSSR count). The van der Waals surface area contributed by atoms with Crippen LogP contribution in [0.3, 0.4) is 0 Å². The molecule has 0 saturated heterocycles. The van der Waals surface area contributed by atoms with Crippen LogP contribution < -0.4 is 4.74 Å². The Hall–Kier alpha value is -1.62. The maximum absolute atomic E-state index is 11.5.